The van der Waals surface area contributed by atoms with Gasteiger partial charge in [0, 0.05) is 12.6 Å². The summed E-state index contributed by atoms with van der Waals surface area (Å²) in [5, 5.41) is 11.7. The minimum Gasteiger partial charge on any atom is -0.481 e. The lowest BCUT2D eigenvalue weighted by atomic mass is 10.1. The van der Waals surface area contributed by atoms with Gasteiger partial charge in [-0.3, -0.25) is 0 Å². The molecule has 0 aliphatic carbocycles. The van der Waals surface area contributed by atoms with E-state index in [1.165, 1.54) is 0 Å². The van der Waals surface area contributed by atoms with Crippen LogP contribution in [-0.2, 0) is 6.42 Å². The van der Waals surface area contributed by atoms with E-state index in [0.717, 1.165) is 31.5 Å². The summed E-state index contributed by atoms with van der Waals surface area (Å²) in [6.45, 7) is 1.74. The summed E-state index contributed by atoms with van der Waals surface area (Å²) >= 11 is 0. The van der Waals surface area contributed by atoms with Gasteiger partial charge in [-0.05, 0) is 31.9 Å². The first-order valence-electron chi connectivity index (χ1n) is 5.89. The maximum atomic E-state index is 8.59. The number of unbranched alkanes of at least 4 members (excludes halogenated alkanes) is 1. The Morgan fingerprint density at radius 2 is 2.18 bits per heavy atom. The lowest BCUT2D eigenvalue weighted by Gasteiger charge is -2.07. The molecule has 0 unspecified atom stereocenters. The molecule has 0 atom stereocenters. The number of nitrogens with zero attached hydrogens (tertiary/aromatic N) is 1. The molecular weight excluding hydrogens is 218 g/mol. The first-order valence-corrected chi connectivity index (χ1v) is 5.89. The Bertz CT molecular complexity index is 332. The highest BCUT2D eigenvalue weighted by Gasteiger charge is 2.03. The van der Waals surface area contributed by atoms with Crippen molar-refractivity contribution < 1.29 is 9.84 Å². The number of pyridine rings is 1. The molecule has 1 aromatic heterocycles. The number of aliphatic hydroxyl groups is 1. The summed E-state index contributed by atoms with van der Waals surface area (Å²) in [5.41, 5.74) is 7.45. The second-order valence-electron chi connectivity index (χ2n) is 3.82. The van der Waals surface area contributed by atoms with E-state index in [-0.39, 0.29) is 6.61 Å². The van der Waals surface area contributed by atoms with Gasteiger partial charge in [0.25, 0.3) is 0 Å². The Balaban J connectivity index is 2.30. The molecule has 0 aliphatic heterocycles. The lowest BCUT2D eigenvalue weighted by molar-refractivity contribution is 0.292. The van der Waals surface area contributed by atoms with Crippen LogP contribution in [0.25, 0.3) is 0 Å². The van der Waals surface area contributed by atoms with Crippen LogP contribution in [0.15, 0.2) is 12.1 Å². The third-order valence-corrected chi connectivity index (χ3v) is 2.50. The van der Waals surface area contributed by atoms with E-state index in [2.05, 4.69) is 10.3 Å². The van der Waals surface area contributed by atoms with Crippen LogP contribution in [0.5, 0.6) is 5.88 Å². The number of aryl methyl sites for hydroxylation is 1. The molecule has 0 aliphatic rings. The summed E-state index contributed by atoms with van der Waals surface area (Å²) in [6.07, 6.45) is 2.91. The van der Waals surface area contributed by atoms with E-state index in [1.807, 2.05) is 6.07 Å². The highest BCUT2D eigenvalue weighted by atomic mass is 16.5. The van der Waals surface area contributed by atoms with Crippen molar-refractivity contribution in [2.45, 2.75) is 19.3 Å². The smallest absolute Gasteiger partial charge is 0.213 e. The normalized spacial score (nSPS) is 10.5. The van der Waals surface area contributed by atoms with E-state index in [4.69, 9.17) is 15.6 Å². The Kier molecular flexibility index (Phi) is 6.35. The molecule has 1 aromatic rings. The number of aromatic nitrogens is 1. The number of nitrogens with one attached hydrogen (secondary N) is 1. The van der Waals surface area contributed by atoms with Crippen molar-refractivity contribution in [1.82, 2.24) is 10.3 Å². The molecule has 5 heteroatoms. The van der Waals surface area contributed by atoms with E-state index in [0.29, 0.717) is 18.1 Å². The predicted molar refractivity (Wildman–Crippen MR) is 68.1 cm³/mol. The number of anilines is 1. The van der Waals surface area contributed by atoms with Crippen LogP contribution >= 0.6 is 0 Å². The molecule has 0 amide bonds. The topological polar surface area (TPSA) is 80.4 Å². The minimum atomic E-state index is 0.185. The number of rotatable bonds is 8. The van der Waals surface area contributed by atoms with Gasteiger partial charge in [-0.15, -0.1) is 0 Å². The van der Waals surface area contributed by atoms with Crippen molar-refractivity contribution in [3.05, 3.63) is 17.8 Å². The molecule has 0 bridgehead atoms. The average molecular weight is 239 g/mol. The number of hydrogen-bond acceptors (Lipinski definition) is 5. The summed E-state index contributed by atoms with van der Waals surface area (Å²) < 4.78 is 5.06. The summed E-state index contributed by atoms with van der Waals surface area (Å²) in [7, 11) is 1.60. The first kappa shape index (κ1) is 13.7. The fraction of sp³-hybridized carbons (Fsp3) is 0.583. The number of nitrogens with two attached hydrogens (primary N) is 1. The summed E-state index contributed by atoms with van der Waals surface area (Å²) in [6, 6.07) is 3.59. The zero-order valence-electron chi connectivity index (χ0n) is 10.3. The van der Waals surface area contributed by atoms with Crippen LogP contribution in [0.3, 0.4) is 0 Å². The highest BCUT2D eigenvalue weighted by Crippen LogP contribution is 2.16. The Morgan fingerprint density at radius 1 is 1.35 bits per heavy atom. The molecule has 1 rings (SSSR count). The molecule has 17 heavy (non-hydrogen) atoms. The van der Waals surface area contributed by atoms with Gasteiger partial charge in [0.05, 0.1) is 25.1 Å². The molecule has 1 heterocycles. The number of ether oxygens (including phenoxy) is 1. The average Bonchev–Trinajstić information content (AvgIpc) is 2.35. The standard InChI is InChI=1S/C12H21N3O2/c1-17-12-6-5-10(13)11(15-12)4-2-3-7-14-8-9-16/h5-6,14,16H,2-4,7-9,13H2,1H3. The van der Waals surface area contributed by atoms with Gasteiger partial charge < -0.3 is 20.9 Å². The van der Waals surface area contributed by atoms with E-state index >= 15 is 0 Å². The van der Waals surface area contributed by atoms with Crippen molar-refractivity contribution in [3.8, 4) is 5.88 Å². The molecule has 0 saturated carbocycles. The molecule has 96 valence electrons. The van der Waals surface area contributed by atoms with E-state index in [1.54, 1.807) is 13.2 Å². The highest BCUT2D eigenvalue weighted by molar-refractivity contribution is 5.44. The second kappa shape index (κ2) is 7.86. The van der Waals surface area contributed by atoms with Gasteiger partial charge in [-0.2, -0.15) is 0 Å². The van der Waals surface area contributed by atoms with Crippen LogP contribution < -0.4 is 15.8 Å². The second-order valence-corrected chi connectivity index (χ2v) is 3.82. The van der Waals surface area contributed by atoms with Gasteiger partial charge in [-0.25, -0.2) is 4.98 Å². The Hall–Kier alpha value is -1.33. The number of nitrogen functional groups attached to an aromatic ring is 1. The van der Waals surface area contributed by atoms with Crippen molar-refractivity contribution >= 4 is 5.69 Å². The van der Waals surface area contributed by atoms with Crippen molar-refractivity contribution in [3.63, 3.8) is 0 Å². The number of aliphatic hydroxyl groups excluding tert-OH is 1. The molecule has 0 fully saturated rings. The quantitative estimate of drug-likeness (QED) is 0.578. The van der Waals surface area contributed by atoms with E-state index in [9.17, 15) is 0 Å². The number of hydrogen-bond donors (Lipinski definition) is 3. The molecule has 5 nitrogen and oxygen atoms in total. The van der Waals surface area contributed by atoms with Crippen LogP contribution in [0.1, 0.15) is 18.5 Å². The fourth-order valence-corrected chi connectivity index (χ4v) is 1.55. The summed E-state index contributed by atoms with van der Waals surface area (Å²) in [4.78, 5) is 4.32. The molecule has 0 aromatic carbocycles. The zero-order valence-corrected chi connectivity index (χ0v) is 10.3. The largest absolute Gasteiger partial charge is 0.481 e. The van der Waals surface area contributed by atoms with Gasteiger partial charge in [0.2, 0.25) is 5.88 Å². The van der Waals surface area contributed by atoms with Gasteiger partial charge in [0.15, 0.2) is 0 Å². The third-order valence-electron chi connectivity index (χ3n) is 2.50. The molecule has 4 N–H and O–H groups in total. The molecule has 0 spiro atoms. The van der Waals surface area contributed by atoms with Crippen LogP contribution in [0, 0.1) is 0 Å². The fourth-order valence-electron chi connectivity index (χ4n) is 1.55. The van der Waals surface area contributed by atoms with Crippen LogP contribution in [0.2, 0.25) is 0 Å². The lowest BCUT2D eigenvalue weighted by Crippen LogP contribution is -2.19. The Labute approximate surface area is 102 Å². The maximum absolute atomic E-state index is 8.59. The predicted octanol–water partition coefficient (Wildman–Crippen LogP) is 0.577. The Morgan fingerprint density at radius 3 is 2.88 bits per heavy atom. The molecular formula is C12H21N3O2. The van der Waals surface area contributed by atoms with Gasteiger partial charge in [-0.1, -0.05) is 0 Å². The molecule has 0 radical (unpaired) electrons. The van der Waals surface area contributed by atoms with Crippen LogP contribution in [0.4, 0.5) is 5.69 Å². The van der Waals surface area contributed by atoms with Gasteiger partial charge in [0.1, 0.15) is 0 Å². The van der Waals surface area contributed by atoms with E-state index < -0.39 is 0 Å². The monoisotopic (exact) mass is 239 g/mol. The first-order chi connectivity index (χ1) is 8.27. The van der Waals surface area contributed by atoms with Crippen molar-refractivity contribution in [2.24, 2.45) is 0 Å². The third kappa shape index (κ3) is 5.01. The maximum Gasteiger partial charge on any atom is 0.213 e. The SMILES string of the molecule is COc1ccc(N)c(CCCCNCCO)n1. The zero-order chi connectivity index (χ0) is 12.5. The van der Waals surface area contributed by atoms with Crippen molar-refractivity contribution in [1.29, 1.82) is 0 Å². The minimum absolute atomic E-state index is 0.185. The van der Waals surface area contributed by atoms with Crippen LogP contribution in [-0.4, -0.2) is 36.9 Å². The van der Waals surface area contributed by atoms with Crippen molar-refractivity contribution in [2.75, 3.05) is 32.5 Å². The number of methoxy groups -OCH3 is 1. The summed E-state index contributed by atoms with van der Waals surface area (Å²) in [5.74, 6) is 0.604. The van der Waals surface area contributed by atoms with Gasteiger partial charge >= 0.3 is 0 Å². The molecule has 0 saturated heterocycles.